The first-order chi connectivity index (χ1) is 9.61. The van der Waals surface area contributed by atoms with Crippen LogP contribution in [0.1, 0.15) is 19.8 Å². The highest BCUT2D eigenvalue weighted by Crippen LogP contribution is 2.15. The smallest absolute Gasteiger partial charge is 0.258 e. The molecule has 5 nitrogen and oxygen atoms in total. The largest absolute Gasteiger partial charge is 0.484 e. The van der Waals surface area contributed by atoms with Crippen LogP contribution in [-0.2, 0) is 9.59 Å². The van der Waals surface area contributed by atoms with Gasteiger partial charge in [0.15, 0.2) is 6.61 Å². The number of unbranched alkanes of at least 4 members (excludes halogenated alkanes) is 1. The molecule has 6 heteroatoms. The van der Waals surface area contributed by atoms with E-state index in [1.165, 1.54) is 0 Å². The number of hydrogen-bond acceptors (Lipinski definition) is 3. The summed E-state index contributed by atoms with van der Waals surface area (Å²) in [5.41, 5.74) is 0. The first-order valence-electron chi connectivity index (χ1n) is 6.53. The average Bonchev–Trinajstić information content (AvgIpc) is 2.45. The van der Waals surface area contributed by atoms with Gasteiger partial charge in [0.2, 0.25) is 5.91 Å². The molecule has 0 unspecified atom stereocenters. The van der Waals surface area contributed by atoms with E-state index >= 15 is 0 Å². The van der Waals surface area contributed by atoms with E-state index in [2.05, 4.69) is 10.6 Å². The number of rotatable bonds is 8. The number of hydrogen-bond donors (Lipinski definition) is 2. The van der Waals surface area contributed by atoms with Crippen LogP contribution in [-0.4, -0.2) is 31.5 Å². The molecule has 2 amide bonds. The monoisotopic (exact) mass is 298 g/mol. The maximum absolute atomic E-state index is 11.5. The molecule has 0 radical (unpaired) electrons. The summed E-state index contributed by atoms with van der Waals surface area (Å²) in [5.74, 6) is 0.0147. The van der Waals surface area contributed by atoms with Crippen LogP contribution in [0.4, 0.5) is 0 Å². The van der Waals surface area contributed by atoms with Gasteiger partial charge in [-0.1, -0.05) is 24.9 Å². The Labute approximate surface area is 123 Å². The molecule has 110 valence electrons. The molecule has 20 heavy (non-hydrogen) atoms. The predicted molar refractivity (Wildman–Crippen MR) is 77.9 cm³/mol. The van der Waals surface area contributed by atoms with Crippen molar-refractivity contribution in [3.63, 3.8) is 0 Å². The highest BCUT2D eigenvalue weighted by Gasteiger charge is 2.05. The quantitative estimate of drug-likeness (QED) is 0.719. The lowest BCUT2D eigenvalue weighted by atomic mass is 10.3. The van der Waals surface area contributed by atoms with Crippen molar-refractivity contribution in [1.82, 2.24) is 10.6 Å². The number of nitrogens with one attached hydrogen (secondary N) is 2. The molecule has 1 rings (SSSR count). The average molecular weight is 299 g/mol. The topological polar surface area (TPSA) is 67.4 Å². The molecule has 1 aromatic rings. The number of ether oxygens (including phenoxy) is 1. The van der Waals surface area contributed by atoms with Crippen molar-refractivity contribution in [1.29, 1.82) is 0 Å². The number of benzene rings is 1. The number of carbonyl (C=O) groups is 2. The van der Waals surface area contributed by atoms with Gasteiger partial charge in [0.05, 0.1) is 6.54 Å². The third-order valence-electron chi connectivity index (χ3n) is 2.48. The predicted octanol–water partition coefficient (Wildman–Crippen LogP) is 1.75. The van der Waals surface area contributed by atoms with Crippen molar-refractivity contribution < 1.29 is 14.3 Å². The maximum Gasteiger partial charge on any atom is 0.258 e. The van der Waals surface area contributed by atoms with E-state index in [9.17, 15) is 9.59 Å². The first kappa shape index (κ1) is 16.3. The Morgan fingerprint density at radius 3 is 2.50 bits per heavy atom. The SMILES string of the molecule is CCCCNC(=O)CNC(=O)COc1ccc(Cl)cc1. The minimum atomic E-state index is -0.342. The van der Waals surface area contributed by atoms with E-state index in [1.54, 1.807) is 24.3 Å². The fourth-order valence-electron chi connectivity index (χ4n) is 1.38. The molecule has 0 spiro atoms. The molecular weight excluding hydrogens is 280 g/mol. The van der Waals surface area contributed by atoms with Crippen molar-refractivity contribution in [3.8, 4) is 5.75 Å². The van der Waals surface area contributed by atoms with Crippen LogP contribution in [0.2, 0.25) is 5.02 Å². The van der Waals surface area contributed by atoms with Crippen molar-refractivity contribution in [2.45, 2.75) is 19.8 Å². The van der Waals surface area contributed by atoms with E-state index in [4.69, 9.17) is 16.3 Å². The Bertz CT molecular complexity index is 435. The van der Waals surface area contributed by atoms with Gasteiger partial charge in [-0.15, -0.1) is 0 Å². The number of amides is 2. The van der Waals surface area contributed by atoms with Crippen molar-refractivity contribution in [2.75, 3.05) is 19.7 Å². The minimum Gasteiger partial charge on any atom is -0.484 e. The van der Waals surface area contributed by atoms with Gasteiger partial charge in [0.25, 0.3) is 5.91 Å². The summed E-state index contributed by atoms with van der Waals surface area (Å²) in [6, 6.07) is 6.70. The lowest BCUT2D eigenvalue weighted by molar-refractivity contribution is -0.127. The molecule has 0 heterocycles. The second kappa shape index (κ2) is 9.20. The van der Waals surface area contributed by atoms with E-state index in [0.29, 0.717) is 17.3 Å². The Morgan fingerprint density at radius 1 is 1.15 bits per heavy atom. The second-order valence-corrected chi connectivity index (χ2v) is 4.66. The van der Waals surface area contributed by atoms with Gasteiger partial charge in [-0.25, -0.2) is 0 Å². The zero-order valence-electron chi connectivity index (χ0n) is 11.4. The van der Waals surface area contributed by atoms with Crippen LogP contribution in [0.5, 0.6) is 5.75 Å². The van der Waals surface area contributed by atoms with Gasteiger partial charge < -0.3 is 15.4 Å². The summed E-state index contributed by atoms with van der Waals surface area (Å²) in [5, 5.41) is 5.80. The second-order valence-electron chi connectivity index (χ2n) is 4.22. The van der Waals surface area contributed by atoms with Crippen LogP contribution in [0.3, 0.4) is 0 Å². The Kier molecular flexibility index (Phi) is 7.50. The normalized spacial score (nSPS) is 9.90. The Morgan fingerprint density at radius 2 is 1.85 bits per heavy atom. The third kappa shape index (κ3) is 6.99. The molecule has 0 aliphatic rings. The maximum atomic E-state index is 11.5. The zero-order chi connectivity index (χ0) is 14.8. The van der Waals surface area contributed by atoms with Gasteiger partial charge in [-0.3, -0.25) is 9.59 Å². The lowest BCUT2D eigenvalue weighted by Gasteiger charge is -2.08. The van der Waals surface area contributed by atoms with Crippen molar-refractivity contribution >= 4 is 23.4 Å². The molecule has 2 N–H and O–H groups in total. The molecule has 0 aromatic heterocycles. The summed E-state index contributed by atoms with van der Waals surface area (Å²) in [6.45, 7) is 2.50. The summed E-state index contributed by atoms with van der Waals surface area (Å²) in [6.07, 6.45) is 1.95. The first-order valence-corrected chi connectivity index (χ1v) is 6.91. The molecule has 1 aromatic carbocycles. The van der Waals surface area contributed by atoms with Gasteiger partial charge in [-0.2, -0.15) is 0 Å². The van der Waals surface area contributed by atoms with E-state index in [-0.39, 0.29) is 25.0 Å². The molecule has 0 aliphatic heterocycles. The van der Waals surface area contributed by atoms with Crippen LogP contribution < -0.4 is 15.4 Å². The molecule has 0 saturated carbocycles. The van der Waals surface area contributed by atoms with Gasteiger partial charge in [-0.05, 0) is 30.7 Å². The van der Waals surface area contributed by atoms with Gasteiger partial charge in [0, 0.05) is 11.6 Å². The zero-order valence-corrected chi connectivity index (χ0v) is 12.2. The Hall–Kier alpha value is -1.75. The minimum absolute atomic E-state index is 0.0352. The summed E-state index contributed by atoms with van der Waals surface area (Å²) < 4.78 is 5.25. The third-order valence-corrected chi connectivity index (χ3v) is 2.73. The Balaban J connectivity index is 2.17. The molecular formula is C14H19ClN2O3. The van der Waals surface area contributed by atoms with Gasteiger partial charge >= 0.3 is 0 Å². The highest BCUT2D eigenvalue weighted by molar-refractivity contribution is 6.30. The van der Waals surface area contributed by atoms with Crippen LogP contribution in [0.25, 0.3) is 0 Å². The fourth-order valence-corrected chi connectivity index (χ4v) is 1.50. The summed E-state index contributed by atoms with van der Waals surface area (Å²) in [7, 11) is 0. The molecule has 0 bridgehead atoms. The molecule has 0 fully saturated rings. The summed E-state index contributed by atoms with van der Waals surface area (Å²) >= 11 is 5.73. The molecule has 0 aliphatic carbocycles. The van der Waals surface area contributed by atoms with E-state index in [1.807, 2.05) is 6.92 Å². The summed E-state index contributed by atoms with van der Waals surface area (Å²) in [4.78, 5) is 22.8. The molecule has 0 atom stereocenters. The number of carbonyl (C=O) groups excluding carboxylic acids is 2. The van der Waals surface area contributed by atoms with Crippen molar-refractivity contribution in [3.05, 3.63) is 29.3 Å². The van der Waals surface area contributed by atoms with Crippen molar-refractivity contribution in [2.24, 2.45) is 0 Å². The van der Waals surface area contributed by atoms with Crippen LogP contribution in [0.15, 0.2) is 24.3 Å². The van der Waals surface area contributed by atoms with Gasteiger partial charge in [0.1, 0.15) is 5.75 Å². The fraction of sp³-hybridized carbons (Fsp3) is 0.429. The van der Waals surface area contributed by atoms with E-state index < -0.39 is 0 Å². The highest BCUT2D eigenvalue weighted by atomic mass is 35.5. The standard InChI is InChI=1S/C14H19ClN2O3/c1-2-3-8-16-13(18)9-17-14(19)10-20-12-6-4-11(15)5-7-12/h4-7H,2-3,8-10H2,1H3,(H,16,18)(H,17,19). The molecule has 0 saturated heterocycles. The van der Waals surface area contributed by atoms with Crippen LogP contribution in [0, 0.1) is 0 Å². The number of halogens is 1. The lowest BCUT2D eigenvalue weighted by Crippen LogP contribution is -2.39. The van der Waals surface area contributed by atoms with Crippen LogP contribution >= 0.6 is 11.6 Å². The van der Waals surface area contributed by atoms with E-state index in [0.717, 1.165) is 12.8 Å².